The van der Waals surface area contributed by atoms with Gasteiger partial charge in [0.25, 0.3) is 0 Å². The van der Waals surface area contributed by atoms with Gasteiger partial charge in [0.15, 0.2) is 5.16 Å². The van der Waals surface area contributed by atoms with E-state index < -0.39 is 6.10 Å². The Bertz CT molecular complexity index is 574. The molecule has 0 amide bonds. The second-order valence-electron chi connectivity index (χ2n) is 3.67. The molecule has 104 valence electrons. The average Bonchev–Trinajstić information content (AvgIpc) is 2.84. The second-order valence-corrected chi connectivity index (χ2v) is 7.85. The molecule has 1 aromatic heterocycles. The topological polar surface area (TPSA) is 69.1 Å². The van der Waals surface area contributed by atoms with Crippen LogP contribution in [-0.2, 0) is 0 Å². The maximum Gasteiger partial charge on any atom is 0.166 e. The van der Waals surface area contributed by atoms with Crippen molar-refractivity contribution in [2.75, 3.05) is 12.4 Å². The Labute approximate surface area is 147 Å². The minimum absolute atomic E-state index is 0.252. The molecule has 1 aromatic carbocycles. The van der Waals surface area contributed by atoms with E-state index in [1.165, 1.54) is 11.8 Å². The highest BCUT2D eigenvalue weighted by molar-refractivity contribution is 9.15. The van der Waals surface area contributed by atoms with E-state index in [2.05, 4.69) is 73.7 Å². The first-order valence-electron chi connectivity index (χ1n) is 5.09. The molecule has 0 saturated carbocycles. The summed E-state index contributed by atoms with van der Waals surface area (Å²) in [5, 5.41) is 18.8. The molecule has 0 aliphatic rings. The molecule has 1 heterocycles. The number of benzene rings is 1. The predicted octanol–water partition coefficient (Wildman–Crippen LogP) is 4.06. The van der Waals surface area contributed by atoms with Crippen LogP contribution in [0.4, 0.5) is 0 Å². The Kier molecular flexibility index (Phi) is 5.78. The Morgan fingerprint density at radius 3 is 2.37 bits per heavy atom. The van der Waals surface area contributed by atoms with E-state index in [1.807, 2.05) is 0 Å². The number of aliphatic hydroxyl groups excluding tert-OH is 2. The summed E-state index contributed by atoms with van der Waals surface area (Å²) in [6.07, 6.45) is -0.747. The van der Waals surface area contributed by atoms with E-state index in [0.29, 0.717) is 10.9 Å². The van der Waals surface area contributed by atoms with Crippen LogP contribution in [0.1, 0.15) is 0 Å². The van der Waals surface area contributed by atoms with E-state index in [1.54, 1.807) is 0 Å². The van der Waals surface area contributed by atoms with Crippen LogP contribution in [0.25, 0.3) is 11.0 Å². The number of aromatic nitrogens is 2. The summed E-state index contributed by atoms with van der Waals surface area (Å²) in [7, 11) is 0. The lowest BCUT2D eigenvalue weighted by atomic mass is 10.3. The number of imidazole rings is 1. The molecule has 9 heteroatoms. The second kappa shape index (κ2) is 6.76. The number of hydrogen-bond donors (Lipinski definition) is 3. The molecule has 0 spiro atoms. The molecule has 0 saturated heterocycles. The van der Waals surface area contributed by atoms with Gasteiger partial charge in [-0.3, -0.25) is 0 Å². The summed E-state index contributed by atoms with van der Waals surface area (Å²) in [5.41, 5.74) is 1.66. The quantitative estimate of drug-likeness (QED) is 0.311. The van der Waals surface area contributed by atoms with Crippen LogP contribution in [-0.4, -0.2) is 38.6 Å². The smallest absolute Gasteiger partial charge is 0.166 e. The number of H-pyrrole nitrogens is 1. The van der Waals surface area contributed by atoms with Crippen molar-refractivity contribution in [3.63, 3.8) is 0 Å². The molecule has 4 nitrogen and oxygen atoms in total. The number of aliphatic hydroxyl groups is 2. The average molecular weight is 540 g/mol. The number of thioether (sulfide) groups is 1. The summed E-state index contributed by atoms with van der Waals surface area (Å²) in [4.78, 5) is 7.65. The van der Waals surface area contributed by atoms with Gasteiger partial charge in [0, 0.05) is 14.7 Å². The molecule has 0 bridgehead atoms. The zero-order chi connectivity index (χ0) is 14.2. The Balaban J connectivity index is 2.40. The Morgan fingerprint density at radius 1 is 1.11 bits per heavy atom. The zero-order valence-electron chi connectivity index (χ0n) is 9.25. The molecule has 19 heavy (non-hydrogen) atoms. The van der Waals surface area contributed by atoms with Crippen LogP contribution >= 0.6 is 75.5 Å². The van der Waals surface area contributed by atoms with Gasteiger partial charge in [0.1, 0.15) is 5.52 Å². The van der Waals surface area contributed by atoms with Crippen molar-refractivity contribution in [2.45, 2.75) is 11.3 Å². The molecular weight excluding hydrogens is 532 g/mol. The normalized spacial score (nSPS) is 13.2. The van der Waals surface area contributed by atoms with Gasteiger partial charge < -0.3 is 15.2 Å². The van der Waals surface area contributed by atoms with Gasteiger partial charge in [-0.2, -0.15) is 0 Å². The summed E-state index contributed by atoms with van der Waals surface area (Å²) < 4.78 is 3.50. The summed E-state index contributed by atoms with van der Waals surface area (Å²) >= 11 is 15.3. The number of nitrogens with one attached hydrogen (secondary N) is 1. The summed E-state index contributed by atoms with van der Waals surface area (Å²) in [6, 6.07) is 0. The van der Waals surface area contributed by atoms with Crippen molar-refractivity contribution >= 4 is 86.5 Å². The minimum Gasteiger partial charge on any atom is -0.394 e. The molecule has 1 atom stereocenters. The van der Waals surface area contributed by atoms with E-state index >= 15 is 0 Å². The van der Waals surface area contributed by atoms with Crippen molar-refractivity contribution in [3.8, 4) is 0 Å². The Hall–Kier alpha value is 0.880. The number of halogens is 4. The molecule has 0 aliphatic carbocycles. The monoisotopic (exact) mass is 536 g/mol. The van der Waals surface area contributed by atoms with Crippen molar-refractivity contribution in [2.24, 2.45) is 0 Å². The highest BCUT2D eigenvalue weighted by Gasteiger charge is 2.17. The fraction of sp³-hybridized carbons (Fsp3) is 0.300. The van der Waals surface area contributed by atoms with Gasteiger partial charge in [0.05, 0.1) is 27.2 Å². The van der Waals surface area contributed by atoms with E-state index in [9.17, 15) is 5.11 Å². The molecule has 0 radical (unpaired) electrons. The van der Waals surface area contributed by atoms with Gasteiger partial charge >= 0.3 is 0 Å². The highest BCUT2D eigenvalue weighted by atomic mass is 79.9. The van der Waals surface area contributed by atoms with Crippen molar-refractivity contribution in [1.29, 1.82) is 0 Å². The number of nitrogens with zero attached hydrogens (tertiary/aromatic N) is 1. The molecule has 2 aromatic rings. The lowest BCUT2D eigenvalue weighted by Crippen LogP contribution is -2.14. The standard InChI is InChI=1S/C10H8Br4N2O2S/c11-4-5(12)7(14)9-8(6(4)13)15-10(16-9)19-2-3(18)1-17/h3,17-18H,1-2H2,(H,15,16). The lowest BCUT2D eigenvalue weighted by Gasteiger charge is -2.03. The van der Waals surface area contributed by atoms with Gasteiger partial charge in [-0.1, -0.05) is 11.8 Å². The molecule has 3 N–H and O–H groups in total. The number of fused-ring (bicyclic) bond motifs is 1. The number of hydrogen-bond acceptors (Lipinski definition) is 4. The Morgan fingerprint density at radius 2 is 1.74 bits per heavy atom. The SMILES string of the molecule is OCC(O)CSc1nc2c(Br)c(Br)c(Br)c(Br)c2[nH]1. The predicted molar refractivity (Wildman–Crippen MR) is 90.7 cm³/mol. The number of rotatable bonds is 4. The third kappa shape index (κ3) is 3.38. The van der Waals surface area contributed by atoms with E-state index in [4.69, 9.17) is 5.11 Å². The molecule has 0 aliphatic heterocycles. The summed E-state index contributed by atoms with van der Waals surface area (Å²) in [6.45, 7) is -0.252. The van der Waals surface area contributed by atoms with Crippen LogP contribution in [0.3, 0.4) is 0 Å². The first-order chi connectivity index (χ1) is 8.95. The van der Waals surface area contributed by atoms with Gasteiger partial charge in [-0.15, -0.1) is 0 Å². The summed E-state index contributed by atoms with van der Waals surface area (Å²) in [5.74, 6) is 0.383. The van der Waals surface area contributed by atoms with Crippen LogP contribution in [0, 0.1) is 0 Å². The first kappa shape index (κ1) is 16.3. The van der Waals surface area contributed by atoms with Crippen LogP contribution in [0.15, 0.2) is 23.0 Å². The third-order valence-corrected chi connectivity index (χ3v) is 8.08. The van der Waals surface area contributed by atoms with Gasteiger partial charge in [-0.05, 0) is 63.7 Å². The minimum atomic E-state index is -0.747. The maximum absolute atomic E-state index is 9.35. The van der Waals surface area contributed by atoms with Gasteiger partial charge in [-0.25, -0.2) is 4.98 Å². The number of aromatic amines is 1. The molecule has 2 rings (SSSR count). The first-order valence-corrected chi connectivity index (χ1v) is 9.24. The highest BCUT2D eigenvalue weighted by Crippen LogP contribution is 2.43. The maximum atomic E-state index is 9.35. The van der Waals surface area contributed by atoms with Crippen molar-refractivity contribution in [1.82, 2.24) is 9.97 Å². The van der Waals surface area contributed by atoms with E-state index in [0.717, 1.165) is 28.9 Å². The lowest BCUT2D eigenvalue weighted by molar-refractivity contribution is 0.113. The molecule has 0 fully saturated rings. The van der Waals surface area contributed by atoms with Crippen molar-refractivity contribution < 1.29 is 10.2 Å². The van der Waals surface area contributed by atoms with E-state index in [-0.39, 0.29) is 6.61 Å². The fourth-order valence-corrected chi connectivity index (χ4v) is 4.44. The largest absolute Gasteiger partial charge is 0.394 e. The van der Waals surface area contributed by atoms with Crippen LogP contribution in [0.5, 0.6) is 0 Å². The molecular formula is C10H8Br4N2O2S. The van der Waals surface area contributed by atoms with Crippen molar-refractivity contribution in [3.05, 3.63) is 17.9 Å². The van der Waals surface area contributed by atoms with Crippen LogP contribution < -0.4 is 0 Å². The zero-order valence-corrected chi connectivity index (χ0v) is 16.4. The van der Waals surface area contributed by atoms with Gasteiger partial charge in [0.2, 0.25) is 0 Å². The molecule has 1 unspecified atom stereocenters. The fourth-order valence-electron chi connectivity index (χ4n) is 1.37. The van der Waals surface area contributed by atoms with Crippen LogP contribution in [0.2, 0.25) is 0 Å². The third-order valence-electron chi connectivity index (χ3n) is 2.31.